The second-order valence-corrected chi connectivity index (χ2v) is 6.35. The molecule has 0 saturated carbocycles. The third-order valence-corrected chi connectivity index (χ3v) is 4.45. The van der Waals surface area contributed by atoms with Crippen LogP contribution >= 0.6 is 0 Å². The van der Waals surface area contributed by atoms with Crippen LogP contribution in [0.25, 0.3) is 10.8 Å². The molecule has 2 amide bonds. The minimum atomic E-state index is -0.503. The molecule has 2 N–H and O–H groups in total. The van der Waals surface area contributed by atoms with Gasteiger partial charge in [0, 0.05) is 6.07 Å². The van der Waals surface area contributed by atoms with Crippen molar-refractivity contribution >= 4 is 34.0 Å². The second kappa shape index (κ2) is 8.30. The zero-order valence-electron chi connectivity index (χ0n) is 15.3. The molecule has 0 aliphatic rings. The van der Waals surface area contributed by atoms with Crippen LogP contribution in [-0.2, 0) is 16.0 Å². The van der Waals surface area contributed by atoms with Crippen molar-refractivity contribution in [3.8, 4) is 0 Å². The highest BCUT2D eigenvalue weighted by Crippen LogP contribution is 2.24. The lowest BCUT2D eigenvalue weighted by molar-refractivity contribution is -0.385. The highest BCUT2D eigenvalue weighted by Gasteiger charge is 2.15. The molecule has 0 aromatic heterocycles. The van der Waals surface area contributed by atoms with Crippen molar-refractivity contribution in [2.45, 2.75) is 13.3 Å². The molecular formula is C21H19N3O4. The molecule has 3 aromatic rings. The fourth-order valence-electron chi connectivity index (χ4n) is 3.01. The number of hydrogen-bond donors (Lipinski definition) is 2. The Labute approximate surface area is 161 Å². The van der Waals surface area contributed by atoms with Crippen LogP contribution in [-0.4, -0.2) is 23.3 Å². The van der Waals surface area contributed by atoms with Gasteiger partial charge in [-0.25, -0.2) is 0 Å². The summed E-state index contributed by atoms with van der Waals surface area (Å²) in [5.41, 5.74) is 1.52. The Bertz CT molecular complexity index is 1060. The fourth-order valence-corrected chi connectivity index (χ4v) is 3.01. The number of carbonyl (C=O) groups excluding carboxylic acids is 2. The maximum Gasteiger partial charge on any atom is 0.274 e. The number of carbonyl (C=O) groups is 2. The molecule has 0 bridgehead atoms. The van der Waals surface area contributed by atoms with Crippen molar-refractivity contribution in [2.24, 2.45) is 0 Å². The molecule has 0 unspecified atom stereocenters. The average Bonchev–Trinajstić information content (AvgIpc) is 2.68. The number of nitrogens with zero attached hydrogens (tertiary/aromatic N) is 1. The fraction of sp³-hybridized carbons (Fsp3) is 0.143. The van der Waals surface area contributed by atoms with Crippen LogP contribution in [0.5, 0.6) is 0 Å². The lowest BCUT2D eigenvalue weighted by atomic mass is 10.0. The predicted molar refractivity (Wildman–Crippen MR) is 107 cm³/mol. The summed E-state index contributed by atoms with van der Waals surface area (Å²) >= 11 is 0. The first kappa shape index (κ1) is 19.0. The van der Waals surface area contributed by atoms with E-state index in [-0.39, 0.29) is 24.6 Å². The molecule has 0 radical (unpaired) electrons. The van der Waals surface area contributed by atoms with E-state index in [1.54, 1.807) is 13.0 Å². The molecule has 0 aliphatic heterocycles. The Morgan fingerprint density at radius 2 is 1.68 bits per heavy atom. The van der Waals surface area contributed by atoms with E-state index in [1.807, 2.05) is 42.5 Å². The van der Waals surface area contributed by atoms with Crippen LogP contribution < -0.4 is 10.6 Å². The molecule has 0 fully saturated rings. The van der Waals surface area contributed by atoms with Gasteiger partial charge in [0.2, 0.25) is 11.8 Å². The van der Waals surface area contributed by atoms with Crippen LogP contribution in [0.2, 0.25) is 0 Å². The van der Waals surface area contributed by atoms with Gasteiger partial charge >= 0.3 is 0 Å². The van der Waals surface area contributed by atoms with Gasteiger partial charge in [-0.05, 0) is 29.3 Å². The van der Waals surface area contributed by atoms with Crippen LogP contribution in [0.15, 0.2) is 60.7 Å². The number of rotatable bonds is 6. The first-order valence-electron chi connectivity index (χ1n) is 8.73. The van der Waals surface area contributed by atoms with Gasteiger partial charge in [-0.3, -0.25) is 19.7 Å². The highest BCUT2D eigenvalue weighted by molar-refractivity contribution is 5.96. The highest BCUT2D eigenvalue weighted by atomic mass is 16.6. The zero-order valence-corrected chi connectivity index (χ0v) is 15.3. The Hall–Kier alpha value is -3.74. The van der Waals surface area contributed by atoms with Gasteiger partial charge in [-0.2, -0.15) is 0 Å². The Kier molecular flexibility index (Phi) is 5.64. The summed E-state index contributed by atoms with van der Waals surface area (Å²) in [5.74, 6) is -0.725. The van der Waals surface area contributed by atoms with E-state index >= 15 is 0 Å². The molecule has 0 aliphatic carbocycles. The van der Waals surface area contributed by atoms with Crippen molar-refractivity contribution < 1.29 is 14.5 Å². The number of fused-ring (bicyclic) bond motifs is 1. The van der Waals surface area contributed by atoms with E-state index in [2.05, 4.69) is 10.6 Å². The Balaban J connectivity index is 1.60. The summed E-state index contributed by atoms with van der Waals surface area (Å²) in [7, 11) is 0. The lowest BCUT2D eigenvalue weighted by Crippen LogP contribution is -2.34. The predicted octanol–water partition coefficient (Wildman–Crippen LogP) is 3.35. The molecule has 7 heteroatoms. The molecule has 0 spiro atoms. The number of amides is 2. The molecule has 142 valence electrons. The van der Waals surface area contributed by atoms with E-state index < -0.39 is 10.8 Å². The van der Waals surface area contributed by atoms with Gasteiger partial charge in [0.1, 0.15) is 0 Å². The summed E-state index contributed by atoms with van der Waals surface area (Å²) in [6, 6.07) is 18.0. The normalized spacial score (nSPS) is 10.5. The number of anilines is 1. The van der Waals surface area contributed by atoms with Crippen molar-refractivity contribution in [3.63, 3.8) is 0 Å². The number of nitro benzene ring substituents is 1. The summed E-state index contributed by atoms with van der Waals surface area (Å²) in [6.07, 6.45) is 0.157. The van der Waals surface area contributed by atoms with Crippen molar-refractivity contribution in [1.82, 2.24) is 5.32 Å². The molecule has 3 aromatic carbocycles. The van der Waals surface area contributed by atoms with E-state index in [9.17, 15) is 19.7 Å². The quantitative estimate of drug-likeness (QED) is 0.508. The molecule has 7 nitrogen and oxygen atoms in total. The molecular weight excluding hydrogens is 358 g/mol. The maximum atomic E-state index is 12.2. The van der Waals surface area contributed by atoms with E-state index in [4.69, 9.17) is 0 Å². The Morgan fingerprint density at radius 1 is 0.964 bits per heavy atom. The number of benzene rings is 3. The summed E-state index contributed by atoms with van der Waals surface area (Å²) in [4.78, 5) is 34.8. The van der Waals surface area contributed by atoms with Gasteiger partial charge in [-0.1, -0.05) is 48.5 Å². The third kappa shape index (κ3) is 4.32. The monoisotopic (exact) mass is 377 g/mol. The van der Waals surface area contributed by atoms with Gasteiger partial charge < -0.3 is 10.6 Å². The molecule has 3 rings (SSSR count). The van der Waals surface area contributed by atoms with E-state index in [0.29, 0.717) is 11.3 Å². The largest absolute Gasteiger partial charge is 0.347 e. The molecule has 0 heterocycles. The van der Waals surface area contributed by atoms with Crippen LogP contribution in [0.3, 0.4) is 0 Å². The van der Waals surface area contributed by atoms with Gasteiger partial charge in [-0.15, -0.1) is 0 Å². The standard InChI is InChI=1S/C21H19N3O4/c1-14-18(10-5-11-19(14)24(27)28)23-21(26)13-22-20(25)12-16-8-4-7-15-6-2-3-9-17(15)16/h2-11H,12-13H2,1H3,(H,22,25)(H,23,26). The third-order valence-electron chi connectivity index (χ3n) is 4.45. The number of hydrogen-bond acceptors (Lipinski definition) is 4. The van der Waals surface area contributed by atoms with Gasteiger partial charge in [0.15, 0.2) is 0 Å². The number of nitrogens with one attached hydrogen (secondary N) is 2. The average molecular weight is 377 g/mol. The molecule has 28 heavy (non-hydrogen) atoms. The van der Waals surface area contributed by atoms with Gasteiger partial charge in [0.05, 0.1) is 29.1 Å². The second-order valence-electron chi connectivity index (χ2n) is 6.35. The summed E-state index contributed by atoms with van der Waals surface area (Å²) in [6.45, 7) is 1.35. The SMILES string of the molecule is Cc1c(NC(=O)CNC(=O)Cc2cccc3ccccc23)cccc1[N+](=O)[O-]. The first-order chi connectivity index (χ1) is 13.5. The lowest BCUT2D eigenvalue weighted by Gasteiger charge is -2.10. The topological polar surface area (TPSA) is 101 Å². The minimum Gasteiger partial charge on any atom is -0.347 e. The van der Waals surface area contributed by atoms with Crippen LogP contribution in [0.1, 0.15) is 11.1 Å². The van der Waals surface area contributed by atoms with E-state index in [1.165, 1.54) is 12.1 Å². The Morgan fingerprint density at radius 3 is 2.46 bits per heavy atom. The zero-order chi connectivity index (χ0) is 20.1. The summed E-state index contributed by atoms with van der Waals surface area (Å²) in [5, 5.41) is 18.2. The summed E-state index contributed by atoms with van der Waals surface area (Å²) < 4.78 is 0. The van der Waals surface area contributed by atoms with Crippen LogP contribution in [0.4, 0.5) is 11.4 Å². The van der Waals surface area contributed by atoms with E-state index in [0.717, 1.165) is 16.3 Å². The first-order valence-corrected chi connectivity index (χ1v) is 8.73. The van der Waals surface area contributed by atoms with Crippen molar-refractivity contribution in [1.29, 1.82) is 0 Å². The van der Waals surface area contributed by atoms with Crippen LogP contribution in [0, 0.1) is 17.0 Å². The maximum absolute atomic E-state index is 12.2. The molecule has 0 saturated heterocycles. The molecule has 0 atom stereocenters. The van der Waals surface area contributed by atoms with Crippen molar-refractivity contribution in [3.05, 3.63) is 81.9 Å². The number of nitro groups is 1. The van der Waals surface area contributed by atoms with Gasteiger partial charge in [0.25, 0.3) is 5.69 Å². The minimum absolute atomic E-state index is 0.0715. The smallest absolute Gasteiger partial charge is 0.274 e. The van der Waals surface area contributed by atoms with Crippen molar-refractivity contribution in [2.75, 3.05) is 11.9 Å².